The van der Waals surface area contributed by atoms with E-state index in [2.05, 4.69) is 0 Å². The van der Waals surface area contributed by atoms with E-state index in [0.717, 1.165) is 5.56 Å². The zero-order chi connectivity index (χ0) is 15.3. The molecular formula is C14H20N2O4. The topological polar surface area (TPSA) is 72.7 Å². The fraction of sp³-hybridized carbons (Fsp3) is 0.500. The fourth-order valence-corrected chi connectivity index (χ4v) is 1.91. The molecule has 0 aliphatic heterocycles. The lowest BCUT2D eigenvalue weighted by Gasteiger charge is -2.27. The summed E-state index contributed by atoms with van der Waals surface area (Å²) in [6.07, 6.45) is 0. The van der Waals surface area contributed by atoms with Crippen LogP contribution in [0.25, 0.3) is 0 Å². The van der Waals surface area contributed by atoms with E-state index in [1.165, 1.54) is 6.07 Å². The average Bonchev–Trinajstić information content (AvgIpc) is 2.35. The van der Waals surface area contributed by atoms with Crippen molar-refractivity contribution < 1.29 is 14.5 Å². The number of carbonyl (C=O) groups excluding carboxylic acids is 1. The molecular weight excluding hydrogens is 260 g/mol. The van der Waals surface area contributed by atoms with Crippen LogP contribution in [0, 0.1) is 17.0 Å². The lowest BCUT2D eigenvalue weighted by molar-refractivity contribution is -0.384. The molecule has 0 spiro atoms. The lowest BCUT2D eigenvalue weighted by atomic mass is 10.1. The predicted octanol–water partition coefficient (Wildman–Crippen LogP) is 2.68. The molecule has 0 unspecified atom stereocenters. The molecule has 1 aromatic rings. The van der Waals surface area contributed by atoms with Crippen LogP contribution in [0.15, 0.2) is 18.2 Å². The quantitative estimate of drug-likeness (QED) is 0.455. The SMILES string of the molecule is CCOC(=O)CN(c1cc(C)ccc1[N+](=O)[O-])C(C)C. The number of ether oxygens (including phenoxy) is 1. The molecule has 110 valence electrons. The highest BCUT2D eigenvalue weighted by Crippen LogP contribution is 2.30. The van der Waals surface area contributed by atoms with E-state index in [4.69, 9.17) is 4.74 Å². The van der Waals surface area contributed by atoms with Gasteiger partial charge in [-0.3, -0.25) is 14.9 Å². The highest BCUT2D eigenvalue weighted by Gasteiger charge is 2.23. The summed E-state index contributed by atoms with van der Waals surface area (Å²) < 4.78 is 4.92. The Hall–Kier alpha value is -2.11. The van der Waals surface area contributed by atoms with Gasteiger partial charge in [0.05, 0.1) is 11.5 Å². The number of carbonyl (C=O) groups is 1. The molecule has 0 N–H and O–H groups in total. The van der Waals surface area contributed by atoms with Gasteiger partial charge in [0.15, 0.2) is 0 Å². The van der Waals surface area contributed by atoms with Crippen molar-refractivity contribution in [3.05, 3.63) is 33.9 Å². The molecule has 0 fully saturated rings. The largest absolute Gasteiger partial charge is 0.465 e. The zero-order valence-corrected chi connectivity index (χ0v) is 12.3. The second-order valence-corrected chi connectivity index (χ2v) is 4.78. The number of aryl methyl sites for hydroxylation is 1. The molecule has 0 aliphatic carbocycles. The molecule has 0 saturated heterocycles. The predicted molar refractivity (Wildman–Crippen MR) is 76.9 cm³/mol. The normalized spacial score (nSPS) is 10.4. The number of hydrogen-bond donors (Lipinski definition) is 0. The second-order valence-electron chi connectivity index (χ2n) is 4.78. The van der Waals surface area contributed by atoms with Gasteiger partial charge in [0.1, 0.15) is 12.2 Å². The maximum absolute atomic E-state index is 11.7. The molecule has 1 aromatic carbocycles. The molecule has 0 amide bonds. The van der Waals surface area contributed by atoms with E-state index in [9.17, 15) is 14.9 Å². The molecule has 0 saturated carbocycles. The summed E-state index contributed by atoms with van der Waals surface area (Å²) in [5, 5.41) is 11.1. The van der Waals surface area contributed by atoms with Gasteiger partial charge in [-0.05, 0) is 39.3 Å². The Bertz CT molecular complexity index is 500. The van der Waals surface area contributed by atoms with Crippen molar-refractivity contribution in [3.63, 3.8) is 0 Å². The van der Waals surface area contributed by atoms with Crippen LogP contribution in [0.3, 0.4) is 0 Å². The molecule has 0 bridgehead atoms. The molecule has 0 radical (unpaired) electrons. The van der Waals surface area contributed by atoms with E-state index < -0.39 is 10.9 Å². The van der Waals surface area contributed by atoms with Crippen LogP contribution in [0.5, 0.6) is 0 Å². The minimum Gasteiger partial charge on any atom is -0.465 e. The van der Waals surface area contributed by atoms with E-state index in [-0.39, 0.29) is 18.3 Å². The van der Waals surface area contributed by atoms with E-state index in [1.54, 1.807) is 24.0 Å². The van der Waals surface area contributed by atoms with Crippen LogP contribution in [-0.2, 0) is 9.53 Å². The van der Waals surface area contributed by atoms with E-state index in [0.29, 0.717) is 12.3 Å². The molecule has 0 heterocycles. The number of benzene rings is 1. The fourth-order valence-electron chi connectivity index (χ4n) is 1.91. The number of nitrogens with zero attached hydrogens (tertiary/aromatic N) is 2. The molecule has 1 rings (SSSR count). The second kappa shape index (κ2) is 6.88. The summed E-state index contributed by atoms with van der Waals surface area (Å²) in [5.74, 6) is -0.392. The minimum atomic E-state index is -0.435. The number of nitro groups is 1. The monoisotopic (exact) mass is 280 g/mol. The van der Waals surface area contributed by atoms with Gasteiger partial charge in [-0.25, -0.2) is 0 Å². The Morgan fingerprint density at radius 2 is 2.10 bits per heavy atom. The van der Waals surface area contributed by atoms with Crippen LogP contribution in [0.2, 0.25) is 0 Å². The highest BCUT2D eigenvalue weighted by atomic mass is 16.6. The highest BCUT2D eigenvalue weighted by molar-refractivity contribution is 5.78. The Labute approximate surface area is 118 Å². The molecule has 0 atom stereocenters. The number of anilines is 1. The molecule has 0 aliphatic rings. The molecule has 6 heteroatoms. The van der Waals surface area contributed by atoms with E-state index in [1.807, 2.05) is 20.8 Å². The van der Waals surface area contributed by atoms with Gasteiger partial charge in [0.2, 0.25) is 0 Å². The Morgan fingerprint density at radius 1 is 1.45 bits per heavy atom. The van der Waals surface area contributed by atoms with Crippen molar-refractivity contribution in [3.8, 4) is 0 Å². The summed E-state index contributed by atoms with van der Waals surface area (Å²) in [5.41, 5.74) is 1.34. The lowest BCUT2D eigenvalue weighted by Crippen LogP contribution is -2.37. The Morgan fingerprint density at radius 3 is 2.60 bits per heavy atom. The summed E-state index contributed by atoms with van der Waals surface area (Å²) in [4.78, 5) is 24.0. The van der Waals surface area contributed by atoms with Gasteiger partial charge in [-0.2, -0.15) is 0 Å². The summed E-state index contributed by atoms with van der Waals surface area (Å²) in [6.45, 7) is 7.63. The number of rotatable bonds is 6. The van der Waals surface area contributed by atoms with Crippen molar-refractivity contribution >= 4 is 17.3 Å². The van der Waals surface area contributed by atoms with Crippen molar-refractivity contribution in [2.24, 2.45) is 0 Å². The van der Waals surface area contributed by atoms with Gasteiger partial charge in [0, 0.05) is 12.1 Å². The molecule has 6 nitrogen and oxygen atoms in total. The van der Waals surface area contributed by atoms with Gasteiger partial charge in [-0.15, -0.1) is 0 Å². The number of esters is 1. The first-order chi connectivity index (χ1) is 9.36. The van der Waals surface area contributed by atoms with Crippen molar-refractivity contribution in [2.45, 2.75) is 33.7 Å². The zero-order valence-electron chi connectivity index (χ0n) is 12.3. The standard InChI is InChI=1S/C14H20N2O4/c1-5-20-14(17)9-15(10(2)3)13-8-11(4)6-7-12(13)16(18)19/h6-8,10H,5,9H2,1-4H3. The molecule has 0 aromatic heterocycles. The Kier molecular flexibility index (Phi) is 5.49. The van der Waals surface area contributed by atoms with Crippen LogP contribution < -0.4 is 4.90 Å². The first-order valence-corrected chi connectivity index (χ1v) is 6.54. The summed E-state index contributed by atoms with van der Waals surface area (Å²) >= 11 is 0. The first kappa shape index (κ1) is 15.9. The smallest absolute Gasteiger partial charge is 0.325 e. The maximum Gasteiger partial charge on any atom is 0.325 e. The van der Waals surface area contributed by atoms with Gasteiger partial charge in [-0.1, -0.05) is 6.07 Å². The summed E-state index contributed by atoms with van der Waals surface area (Å²) in [7, 11) is 0. The number of nitro benzene ring substituents is 1. The van der Waals surface area contributed by atoms with Crippen LogP contribution in [0.4, 0.5) is 11.4 Å². The average molecular weight is 280 g/mol. The third-order valence-electron chi connectivity index (χ3n) is 2.87. The van der Waals surface area contributed by atoms with Crippen molar-refractivity contribution in [1.82, 2.24) is 0 Å². The van der Waals surface area contributed by atoms with Gasteiger partial charge in [0.25, 0.3) is 5.69 Å². The third kappa shape index (κ3) is 3.94. The van der Waals surface area contributed by atoms with Crippen LogP contribution in [-0.4, -0.2) is 30.1 Å². The van der Waals surface area contributed by atoms with E-state index >= 15 is 0 Å². The van der Waals surface area contributed by atoms with Crippen LogP contribution >= 0.6 is 0 Å². The minimum absolute atomic E-state index is 0.00417. The number of hydrogen-bond acceptors (Lipinski definition) is 5. The summed E-state index contributed by atoms with van der Waals surface area (Å²) in [6, 6.07) is 4.81. The molecule has 20 heavy (non-hydrogen) atoms. The first-order valence-electron chi connectivity index (χ1n) is 6.54. The Balaban J connectivity index is 3.17. The third-order valence-corrected chi connectivity index (χ3v) is 2.87. The van der Waals surface area contributed by atoms with Crippen molar-refractivity contribution in [1.29, 1.82) is 0 Å². The van der Waals surface area contributed by atoms with Crippen LogP contribution in [0.1, 0.15) is 26.3 Å². The van der Waals surface area contributed by atoms with Gasteiger partial charge < -0.3 is 9.64 Å². The van der Waals surface area contributed by atoms with Gasteiger partial charge >= 0.3 is 5.97 Å². The van der Waals surface area contributed by atoms with Crippen molar-refractivity contribution in [2.75, 3.05) is 18.1 Å². The maximum atomic E-state index is 11.7.